The van der Waals surface area contributed by atoms with E-state index in [0.29, 0.717) is 118 Å². The van der Waals surface area contributed by atoms with E-state index >= 15 is 0 Å². The molecule has 19 rings (SSSR count). The summed E-state index contributed by atoms with van der Waals surface area (Å²) in [5, 5.41) is 19.3. The van der Waals surface area contributed by atoms with E-state index in [2.05, 4.69) is 139 Å². The number of morpholine rings is 1. The van der Waals surface area contributed by atoms with Gasteiger partial charge in [-0.25, -0.2) is 88.5 Å². The van der Waals surface area contributed by atoms with Crippen molar-refractivity contribution >= 4 is 234 Å². The lowest BCUT2D eigenvalue weighted by Gasteiger charge is -2.32. The number of hydrogen-bond acceptors (Lipinski definition) is 31. The molecule has 11 heterocycles. The lowest BCUT2D eigenvalue weighted by atomic mass is 10.0. The number of pyridine rings is 4. The quantitative estimate of drug-likeness (QED) is 0.0182. The molecule has 0 spiro atoms. The Balaban J connectivity index is 0.000000142. The SMILES string of the molecule is Cc1ccc(Nc2ncnc3ccc(-c4cnc(Cl)c(NS(=O)(=O)CCN(C)C)c4)cc23)cc1Cl.Cc1ccc(Nc2ncnc3ccc(-c4cnc(Cl)c(NS(=O)(=O)CCN5CCN(C)CC5)c4)cc23)cc1Cl.Cc1ccc(Nc2ncnc3ccc(-c4cnc(Cl)c(NS(=O)(=O)CCN5CCOCC5)c4)cc23)cc1Cl.Cc1ccc(Nc2ncnc3ccc(-c4cncc(NS(=O)(=O)CCN5CCN(C)CC5)c4)cc23)cc1Cl. The van der Waals surface area contributed by atoms with Crippen LogP contribution in [-0.4, -0.2) is 279 Å². The van der Waals surface area contributed by atoms with E-state index in [-0.39, 0.29) is 55.5 Å². The van der Waals surface area contributed by atoms with Crippen molar-refractivity contribution in [1.82, 2.24) is 89.2 Å². The van der Waals surface area contributed by atoms with Gasteiger partial charge in [0.2, 0.25) is 40.1 Å². The number of anilines is 12. The Bertz CT molecular complexity index is 8110. The first kappa shape index (κ1) is 110. The van der Waals surface area contributed by atoms with Crippen LogP contribution in [0.15, 0.2) is 226 Å². The van der Waals surface area contributed by atoms with Gasteiger partial charge >= 0.3 is 0 Å². The van der Waals surface area contributed by atoms with Gasteiger partial charge in [-0.2, -0.15) is 0 Å². The summed E-state index contributed by atoms with van der Waals surface area (Å²) < 4.78 is 118. The van der Waals surface area contributed by atoms with Gasteiger partial charge in [0.25, 0.3) is 0 Å². The summed E-state index contributed by atoms with van der Waals surface area (Å²) in [4.78, 5) is 64.8. The van der Waals surface area contributed by atoms with Crippen LogP contribution in [-0.2, 0) is 44.8 Å². The number of benzene rings is 8. The first-order chi connectivity index (χ1) is 71.8. The number of nitrogens with zero attached hydrogens (tertiary/aromatic N) is 18. The highest BCUT2D eigenvalue weighted by atomic mass is 35.5. The average molecular weight is 2240 g/mol. The molecular formula is C104H109Cl7N26O9S4. The maximum Gasteiger partial charge on any atom is 0.234 e. The van der Waals surface area contributed by atoms with Gasteiger partial charge in [0.05, 0.1) is 87.2 Å². The molecule has 3 aliphatic heterocycles. The molecule has 3 aliphatic rings. The Morgan fingerprint density at radius 2 is 0.587 bits per heavy atom. The van der Waals surface area contributed by atoms with Crippen molar-refractivity contribution in [3.05, 3.63) is 284 Å². The van der Waals surface area contributed by atoms with Crippen LogP contribution in [0, 0.1) is 27.7 Å². The van der Waals surface area contributed by atoms with Crippen molar-refractivity contribution in [2.24, 2.45) is 0 Å². The molecule has 8 aromatic carbocycles. The zero-order chi connectivity index (χ0) is 106. The molecule has 0 aliphatic carbocycles. The highest BCUT2D eigenvalue weighted by molar-refractivity contribution is 7.93. The molecule has 8 aromatic heterocycles. The monoisotopic (exact) mass is 2240 g/mol. The number of piperazine rings is 2. The first-order valence-electron chi connectivity index (χ1n) is 47.6. The summed E-state index contributed by atoms with van der Waals surface area (Å²) in [5.41, 5.74) is 17.4. The first-order valence-corrected chi connectivity index (χ1v) is 56.9. The summed E-state index contributed by atoms with van der Waals surface area (Å²) in [5.74, 6) is 2.38. The highest BCUT2D eigenvalue weighted by Crippen LogP contribution is 2.40. The summed E-state index contributed by atoms with van der Waals surface area (Å²) >= 11 is 43.9. The van der Waals surface area contributed by atoms with Gasteiger partial charge in [-0.05, 0) is 222 Å². The predicted molar refractivity (Wildman–Crippen MR) is 607 cm³/mol. The zero-order valence-corrected chi connectivity index (χ0v) is 91.6. The minimum atomic E-state index is -3.64. The largest absolute Gasteiger partial charge is 0.379 e. The summed E-state index contributed by atoms with van der Waals surface area (Å²) in [6, 6.07) is 52.6. The normalized spacial score (nSPS) is 14.1. The predicted octanol–water partition coefficient (Wildman–Crippen LogP) is 19.9. The van der Waals surface area contributed by atoms with E-state index in [4.69, 9.17) is 85.9 Å². The van der Waals surface area contributed by atoms with Gasteiger partial charge < -0.3 is 40.7 Å². The van der Waals surface area contributed by atoms with Crippen LogP contribution in [0.4, 0.5) is 68.8 Å². The standard InChI is InChI=1S/C27H29Cl2N7O2S.C27H30ClN7O2S.C26H26Cl2N6O3S.C24H24Cl2N6O2S/c1-18-3-5-21(15-23(18)28)33-27-22-13-19(4-6-24(22)31-17-32-27)20-14-25(26(29)30-16-20)34-39(37,38)12-11-36-9-7-35(2)8-10-36;1-19-3-5-22(15-25(19)28)32-27-24-14-20(4-6-26(24)30-18-31-27)21-13-23(17-29-16-21)33-38(36,37)12-11-35-9-7-34(2)8-10-35;1-17-2-4-20(14-22(17)27)32-26-21-12-18(3-5-23(21)30-16-31-26)19-13-24(25(28)29-15-19)33-38(35,36)11-8-34-6-9-37-10-7-34;1-15-4-6-18(12-20(15)25)30-24-19-10-16(5-7-21(19)28-14-29-24)17-11-22(23(26)27-13-17)31-35(33,34)9-8-32(2)3/h3-6,13-17,34H,7-12H2,1-2H3,(H,31,32,33);3-6,13-18,33H,7-12H2,1-2H3,(H,30,31,32);2-5,12-16,33H,6-11H2,1H3,(H,30,31,32);4-7,10-14,31H,8-9H2,1-3H3,(H,28,29,30). The Kier molecular flexibility index (Phi) is 36.7. The number of halogens is 7. The molecule has 150 heavy (non-hydrogen) atoms. The topological polar surface area (TPSA) is 416 Å². The molecule has 0 bridgehead atoms. The van der Waals surface area contributed by atoms with Crippen molar-refractivity contribution in [2.75, 3.05) is 196 Å². The molecule has 35 nitrogen and oxygen atoms in total. The van der Waals surface area contributed by atoms with Crippen LogP contribution in [0.25, 0.3) is 88.1 Å². The number of likely N-dealkylation sites (N-methyl/N-ethyl adjacent to an activating group) is 2. The van der Waals surface area contributed by atoms with Gasteiger partial charge in [-0.3, -0.25) is 38.6 Å². The molecule has 8 N–H and O–H groups in total. The van der Waals surface area contributed by atoms with Crippen LogP contribution in [0.1, 0.15) is 22.3 Å². The lowest BCUT2D eigenvalue weighted by molar-refractivity contribution is 0.0408. The summed E-state index contributed by atoms with van der Waals surface area (Å²) in [7, 11) is -6.60. The third-order valence-corrected chi connectivity index (χ3v) is 32.6. The molecule has 16 aromatic rings. The van der Waals surface area contributed by atoms with Crippen molar-refractivity contribution in [2.45, 2.75) is 27.7 Å². The molecule has 3 saturated heterocycles. The number of fused-ring (bicyclic) bond motifs is 4. The smallest absolute Gasteiger partial charge is 0.234 e. The number of hydrogen-bond donors (Lipinski definition) is 8. The summed E-state index contributed by atoms with van der Waals surface area (Å²) in [6.45, 7) is 19.4. The van der Waals surface area contributed by atoms with Gasteiger partial charge in [-0.1, -0.05) is 130 Å². The number of aryl methyl sites for hydroxylation is 4. The molecule has 3 fully saturated rings. The van der Waals surface area contributed by atoms with E-state index in [1.54, 1.807) is 54.0 Å². The number of rotatable bonds is 32. The zero-order valence-electron chi connectivity index (χ0n) is 83.0. The molecule has 0 radical (unpaired) electrons. The second kappa shape index (κ2) is 49.8. The van der Waals surface area contributed by atoms with Crippen molar-refractivity contribution in [3.63, 3.8) is 0 Å². The van der Waals surface area contributed by atoms with Crippen molar-refractivity contribution < 1.29 is 38.4 Å². The van der Waals surface area contributed by atoms with Crippen LogP contribution in [0.2, 0.25) is 35.5 Å². The number of nitrogens with one attached hydrogen (secondary N) is 8. The van der Waals surface area contributed by atoms with E-state index in [0.717, 1.165) is 169 Å². The number of ether oxygens (including phenoxy) is 1. The van der Waals surface area contributed by atoms with Gasteiger partial charge in [0, 0.05) is 203 Å². The van der Waals surface area contributed by atoms with E-state index in [9.17, 15) is 33.7 Å². The molecule has 0 amide bonds. The maximum atomic E-state index is 12.9. The Morgan fingerprint density at radius 1 is 0.300 bits per heavy atom. The van der Waals surface area contributed by atoms with E-state index in [1.165, 1.54) is 31.5 Å². The van der Waals surface area contributed by atoms with Crippen molar-refractivity contribution in [3.8, 4) is 44.5 Å². The summed E-state index contributed by atoms with van der Waals surface area (Å²) in [6.07, 6.45) is 14.0. The fourth-order valence-electron chi connectivity index (χ4n) is 16.2. The number of sulfonamides is 4. The van der Waals surface area contributed by atoms with E-state index < -0.39 is 40.1 Å². The lowest BCUT2D eigenvalue weighted by Crippen LogP contribution is -2.46. The van der Waals surface area contributed by atoms with Crippen LogP contribution < -0.4 is 40.2 Å². The molecule has 0 atom stereocenters. The minimum Gasteiger partial charge on any atom is -0.379 e. The average Bonchev–Trinajstić information content (AvgIpc) is 0.795. The van der Waals surface area contributed by atoms with Gasteiger partial charge in [-0.15, -0.1) is 0 Å². The fraction of sp³-hybridized carbons (Fsp3) is 0.269. The Hall–Kier alpha value is -12.3. The third-order valence-electron chi connectivity index (χ3n) is 25.1. The second-order valence-electron chi connectivity index (χ2n) is 36.6. The van der Waals surface area contributed by atoms with Crippen LogP contribution in [0.3, 0.4) is 0 Å². The molecule has 0 unspecified atom stereocenters. The Morgan fingerprint density at radius 3 is 0.887 bits per heavy atom. The number of aromatic nitrogens is 12. The van der Waals surface area contributed by atoms with Gasteiger partial charge in [0.15, 0.2) is 15.5 Å². The second-order valence-corrected chi connectivity index (χ2v) is 46.6. The highest BCUT2D eigenvalue weighted by Gasteiger charge is 2.26. The van der Waals surface area contributed by atoms with Crippen LogP contribution >= 0.6 is 81.2 Å². The van der Waals surface area contributed by atoms with Crippen molar-refractivity contribution in [1.29, 1.82) is 0 Å². The van der Waals surface area contributed by atoms with Gasteiger partial charge in [0.1, 0.15) is 48.6 Å². The molecule has 0 saturated carbocycles. The molecule has 782 valence electrons. The molecular weight excluding hydrogens is 2130 g/mol. The fourth-order valence-corrected chi connectivity index (χ4v) is 22.0. The maximum absolute atomic E-state index is 12.9. The third kappa shape index (κ3) is 30.4. The minimum absolute atomic E-state index is 0.0252. The Labute approximate surface area is 906 Å². The molecule has 46 heteroatoms. The van der Waals surface area contributed by atoms with E-state index in [1.807, 2.05) is 187 Å². The van der Waals surface area contributed by atoms with Crippen LogP contribution in [0.5, 0.6) is 0 Å².